The molecule has 0 aliphatic heterocycles. The van der Waals surface area contributed by atoms with Crippen LogP contribution in [0.5, 0.6) is 0 Å². The highest BCUT2D eigenvalue weighted by Crippen LogP contribution is 2.48. The Balaban J connectivity index is 0.000000113. The molecule has 0 spiro atoms. The Bertz CT molecular complexity index is 5050. The van der Waals surface area contributed by atoms with E-state index in [4.69, 9.17) is 20.8 Å². The van der Waals surface area contributed by atoms with Crippen LogP contribution in [0, 0.1) is 23.7 Å². The van der Waals surface area contributed by atoms with Gasteiger partial charge in [0.1, 0.15) is 34.2 Å². The lowest BCUT2D eigenvalue weighted by atomic mass is 9.89. The Morgan fingerprint density at radius 3 is 0.989 bits per heavy atom. The zero-order chi connectivity index (χ0) is 62.3. The average molecular weight is 1200 g/mol. The maximum absolute atomic E-state index is 7.98. The molecular weight excluding hydrogens is 1150 g/mol. The largest absolute Gasteiger partial charge is 0.257 e. The topological polar surface area (TPSA) is 173 Å². The smallest absolute Gasteiger partial charge is 0.212 e. The summed E-state index contributed by atoms with van der Waals surface area (Å²) in [5.41, 5.74) is 31.9. The predicted molar refractivity (Wildman–Crippen MR) is 362 cm³/mol. The summed E-state index contributed by atoms with van der Waals surface area (Å²) in [5.74, 6) is 12.7. The lowest BCUT2D eigenvalue weighted by Crippen LogP contribution is -2.35. The molecule has 436 valence electrons. The first-order chi connectivity index (χ1) is 46.2. The third-order valence-electron chi connectivity index (χ3n) is 15.9. The van der Waals surface area contributed by atoms with E-state index in [-0.39, 0.29) is 0 Å². The number of nitrogens with one attached hydrogen (secondary N) is 1. The molecule has 0 saturated heterocycles. The van der Waals surface area contributed by atoms with Crippen molar-refractivity contribution in [2.75, 3.05) is 0 Å². The maximum atomic E-state index is 7.98. The second-order valence-electron chi connectivity index (χ2n) is 21.5. The minimum Gasteiger partial charge on any atom is -0.212 e. The molecule has 4 aromatic heterocycles. The highest BCUT2D eigenvalue weighted by molar-refractivity contribution is 6.00. The molecule has 3 aliphatic carbocycles. The van der Waals surface area contributed by atoms with E-state index in [1.54, 1.807) is 12.1 Å². The summed E-state index contributed by atoms with van der Waals surface area (Å²) in [6, 6.07) is 98.8. The van der Waals surface area contributed by atoms with Crippen LogP contribution in [-0.2, 0) is 0 Å². The molecule has 93 heavy (non-hydrogen) atoms. The number of nitrogens with zero attached hydrogens (tertiary/aromatic N) is 14. The number of hydrogen-bond donors (Lipinski definition) is 1. The molecule has 0 unspecified atom stereocenters. The monoisotopic (exact) mass is 1200 g/mol. The van der Waals surface area contributed by atoms with Gasteiger partial charge in [-0.1, -0.05) is 262 Å². The number of benzene rings is 11. The zero-order valence-electron chi connectivity index (χ0n) is 49.6. The van der Waals surface area contributed by atoms with Gasteiger partial charge in [0.25, 0.3) is 5.69 Å². The second-order valence-corrected chi connectivity index (χ2v) is 21.5. The molecule has 0 saturated carbocycles. The molecule has 0 bridgehead atoms. The number of para-hydroxylation sites is 4. The van der Waals surface area contributed by atoms with Gasteiger partial charge in [-0.25, -0.2) is 14.0 Å². The van der Waals surface area contributed by atoms with Crippen molar-refractivity contribution in [3.8, 4) is 136 Å². The normalized spacial score (nSPS) is 11.0. The van der Waals surface area contributed by atoms with Crippen molar-refractivity contribution in [3.63, 3.8) is 0 Å². The summed E-state index contributed by atoms with van der Waals surface area (Å²) in [7, 11) is 0. The molecule has 15 aromatic rings. The Labute approximate surface area is 534 Å². The number of azide groups is 1. The first-order valence-corrected chi connectivity index (χ1v) is 30.0. The van der Waals surface area contributed by atoms with E-state index < -0.39 is 0 Å². The van der Waals surface area contributed by atoms with E-state index in [0.717, 1.165) is 135 Å². The number of fused-ring (bicyclic) bond motifs is 18. The summed E-state index contributed by atoms with van der Waals surface area (Å²) >= 11 is 0. The Hall–Kier alpha value is -13.6. The van der Waals surface area contributed by atoms with Crippen LogP contribution in [0.3, 0.4) is 0 Å². The molecule has 15 nitrogen and oxygen atoms in total. The van der Waals surface area contributed by atoms with E-state index in [2.05, 4.69) is 145 Å². The predicted octanol–water partition coefficient (Wildman–Crippen LogP) is 16.5. The van der Waals surface area contributed by atoms with Crippen LogP contribution in [0.15, 0.2) is 302 Å². The van der Waals surface area contributed by atoms with E-state index in [9.17, 15) is 0 Å². The van der Waals surface area contributed by atoms with Gasteiger partial charge in [0, 0.05) is 82.5 Å². The molecular formula is C78H50N15+. The molecule has 0 radical (unpaired) electrons. The highest BCUT2D eigenvalue weighted by Gasteiger charge is 2.36. The summed E-state index contributed by atoms with van der Waals surface area (Å²) in [6.45, 7) is 0. The average Bonchev–Trinajstić information content (AvgIpc) is 1.63. The van der Waals surface area contributed by atoms with E-state index in [1.807, 2.05) is 219 Å². The molecule has 0 atom stereocenters. The minimum absolute atomic E-state index is 0.653. The summed E-state index contributed by atoms with van der Waals surface area (Å²) in [4.78, 5) is 2.63. The van der Waals surface area contributed by atoms with Crippen LogP contribution < -0.4 is 4.68 Å². The van der Waals surface area contributed by atoms with Gasteiger partial charge in [-0.05, 0) is 90.5 Å². The summed E-state index contributed by atoms with van der Waals surface area (Å²) < 4.78 is 7.81. The van der Waals surface area contributed by atoms with Crippen molar-refractivity contribution in [1.29, 1.82) is 0 Å². The first kappa shape index (κ1) is 56.0. The Morgan fingerprint density at radius 2 is 0.613 bits per heavy atom. The third-order valence-corrected chi connectivity index (χ3v) is 15.9. The highest BCUT2D eigenvalue weighted by atomic mass is 15.5. The van der Waals surface area contributed by atoms with Gasteiger partial charge in [0.2, 0.25) is 5.69 Å². The molecule has 1 N–H and O–H groups in total. The number of hydrogen-bond acceptors (Lipinski definition) is 8. The SMILES string of the molecule is C1#Cc2ccccc2C#Cc2ccccc21.[N-]=[N+]=Nc1ccccc1.c1ccc(-n2nnc3c2-c2ccccc2-c2c(n[nH][n+]2-c2ccccc2)-c2ccccc2-3)cc1.c1ccc(-n2nnc3c2-c2ccccc2-c2nnn(-c4ccccc4)c2-c2ccccc2-3)cc1. The minimum atomic E-state index is 0.653. The van der Waals surface area contributed by atoms with Crippen LogP contribution >= 0.6 is 0 Å². The van der Waals surface area contributed by atoms with E-state index in [1.165, 1.54) is 0 Å². The molecule has 11 aromatic carbocycles. The Morgan fingerprint density at radius 1 is 0.323 bits per heavy atom. The van der Waals surface area contributed by atoms with Crippen molar-refractivity contribution >= 4 is 5.69 Å². The van der Waals surface area contributed by atoms with Crippen LogP contribution in [-0.4, -0.2) is 55.3 Å². The molecule has 3 aliphatic rings. The van der Waals surface area contributed by atoms with Gasteiger partial charge >= 0.3 is 0 Å². The number of aromatic amines is 1. The Kier molecular flexibility index (Phi) is 15.2. The number of rotatable bonds is 5. The van der Waals surface area contributed by atoms with Gasteiger partial charge in [-0.15, -0.1) is 20.0 Å². The van der Waals surface area contributed by atoms with E-state index >= 15 is 0 Å². The van der Waals surface area contributed by atoms with Crippen LogP contribution in [0.1, 0.15) is 22.3 Å². The molecule has 0 fully saturated rings. The van der Waals surface area contributed by atoms with Gasteiger partial charge in [-0.2, -0.15) is 0 Å². The van der Waals surface area contributed by atoms with Crippen LogP contribution in [0.4, 0.5) is 5.69 Å². The van der Waals surface area contributed by atoms with Crippen molar-refractivity contribution in [2.24, 2.45) is 5.11 Å². The lowest BCUT2D eigenvalue weighted by Gasteiger charge is -2.18. The standard InChI is InChI=1S/2C28H18N6.C16H8.C6H5N3/c1-3-11-19(12-4-1)33-27-23-17-9-7-15-21(23)26-28(34(32-30-26)20-13-5-2-6-14-20)24-18-10-8-16-22(24)25(27)29-31-33;1-3-11-19(12-4-1)33-27-23-17-9-10-18-24(23)28-26(30-32-34(28)20-13-5-2-6-14-20)22-16-8-7-15-21(22)25(27)29-31-33;1-2-6-14-11-12-16-8-4-3-7-15(16)10-9-13(14)5-1;7-9-8-6-4-2-1-3-5-6/h2*1-18H;1-8H;1-5H/p+1. The maximum Gasteiger partial charge on any atom is 0.257 e. The number of H-pyrrole nitrogens is 1. The van der Waals surface area contributed by atoms with Crippen molar-refractivity contribution in [1.82, 2.24) is 55.3 Å². The van der Waals surface area contributed by atoms with Crippen molar-refractivity contribution < 1.29 is 4.68 Å². The van der Waals surface area contributed by atoms with Gasteiger partial charge in [0.15, 0.2) is 5.69 Å². The van der Waals surface area contributed by atoms with Crippen molar-refractivity contribution in [3.05, 3.63) is 330 Å². The van der Waals surface area contributed by atoms with Crippen LogP contribution in [0.25, 0.3) is 123 Å². The fraction of sp³-hybridized carbons (Fsp3) is 0. The molecule has 15 heteroatoms. The quantitative estimate of drug-likeness (QED) is 0.0587. The number of aromatic nitrogens is 12. The van der Waals surface area contributed by atoms with Gasteiger partial charge in [-0.3, -0.25) is 0 Å². The van der Waals surface area contributed by atoms with Gasteiger partial charge in [0.05, 0.1) is 17.1 Å². The third kappa shape index (κ3) is 10.8. The molecule has 18 rings (SSSR count). The van der Waals surface area contributed by atoms with Crippen LogP contribution in [0.2, 0.25) is 0 Å². The molecule has 0 amide bonds. The summed E-state index contributed by atoms with van der Waals surface area (Å²) in [5, 5.41) is 39.3. The first-order valence-electron chi connectivity index (χ1n) is 30.0. The fourth-order valence-electron chi connectivity index (χ4n) is 11.7. The summed E-state index contributed by atoms with van der Waals surface area (Å²) in [6.07, 6.45) is 0. The van der Waals surface area contributed by atoms with E-state index in [0.29, 0.717) is 5.69 Å². The second kappa shape index (κ2) is 25.3. The lowest BCUT2D eigenvalue weighted by molar-refractivity contribution is -0.648. The fourth-order valence-corrected chi connectivity index (χ4v) is 11.7. The van der Waals surface area contributed by atoms with Gasteiger partial charge < -0.3 is 0 Å². The molecule has 4 heterocycles. The van der Waals surface area contributed by atoms with Crippen molar-refractivity contribution in [2.45, 2.75) is 0 Å². The zero-order valence-corrected chi connectivity index (χ0v) is 49.6.